The SMILES string of the molecule is COc1cc2c(c(OC)c1OC)-c1ccc(N[C@H](CC(C)C)C(=O)N3CCN(S(=O)(=O)C(C)C)CC3)c(=O)cc1[C@H](NC(C)=O)CC2. The van der Waals surface area contributed by atoms with Crippen molar-refractivity contribution in [3.8, 4) is 28.4 Å². The lowest BCUT2D eigenvalue weighted by atomic mass is 9.95. The summed E-state index contributed by atoms with van der Waals surface area (Å²) in [7, 11) is 1.21. The summed E-state index contributed by atoms with van der Waals surface area (Å²) >= 11 is 0. The predicted molar refractivity (Wildman–Crippen MR) is 182 cm³/mol. The standard InChI is InChI=1S/C34H48N4O8S/c1-20(2)17-28(34(41)37-13-15-38(16-14-37)47(42,43)21(3)4)36-27-12-10-24-25(19-29(27)40)26(35-22(5)39)11-9-23-18-30(44-6)32(45-7)33(46-8)31(23)24/h10,12,18-21,26,28H,9,11,13-17H2,1-8H3,(H,35,39)(H,36,40)/t26-,28-/m1/s1. The molecule has 0 saturated carbocycles. The van der Waals surface area contributed by atoms with Crippen LogP contribution in [0.1, 0.15) is 64.6 Å². The average molecular weight is 673 g/mol. The molecule has 0 bridgehead atoms. The van der Waals surface area contributed by atoms with Crippen LogP contribution in [0.25, 0.3) is 11.1 Å². The topological polar surface area (TPSA) is 144 Å². The van der Waals surface area contributed by atoms with Crippen LogP contribution >= 0.6 is 0 Å². The van der Waals surface area contributed by atoms with Crippen molar-refractivity contribution in [1.82, 2.24) is 14.5 Å². The van der Waals surface area contributed by atoms with Crippen LogP contribution in [0, 0.1) is 5.92 Å². The minimum Gasteiger partial charge on any atom is -0.493 e. The van der Waals surface area contributed by atoms with E-state index in [4.69, 9.17) is 14.2 Å². The molecule has 2 aromatic rings. The molecule has 4 rings (SSSR count). The maximum absolute atomic E-state index is 13.9. The lowest BCUT2D eigenvalue weighted by Gasteiger charge is -2.37. The third-order valence-electron chi connectivity index (χ3n) is 8.76. The first-order chi connectivity index (χ1) is 22.2. The summed E-state index contributed by atoms with van der Waals surface area (Å²) in [5.41, 5.74) is 2.86. The van der Waals surface area contributed by atoms with E-state index in [-0.39, 0.29) is 55.0 Å². The Morgan fingerprint density at radius 1 is 0.957 bits per heavy atom. The Balaban J connectivity index is 1.77. The molecular weight excluding hydrogens is 624 g/mol. The summed E-state index contributed by atoms with van der Waals surface area (Å²) in [4.78, 5) is 41.8. The first kappa shape index (κ1) is 36.0. The number of anilines is 1. The summed E-state index contributed by atoms with van der Waals surface area (Å²) in [6.45, 7) is 9.72. The zero-order chi connectivity index (χ0) is 34.6. The first-order valence-corrected chi connectivity index (χ1v) is 17.6. The number of nitrogens with one attached hydrogen (secondary N) is 2. The van der Waals surface area contributed by atoms with Crippen molar-refractivity contribution in [3.63, 3.8) is 0 Å². The molecular formula is C34H48N4O8S. The van der Waals surface area contributed by atoms with Crippen LogP contribution in [-0.4, -0.2) is 88.2 Å². The van der Waals surface area contributed by atoms with E-state index in [1.54, 1.807) is 39.0 Å². The number of sulfonamides is 1. The number of benzene rings is 1. The van der Waals surface area contributed by atoms with Crippen LogP contribution in [-0.2, 0) is 26.0 Å². The number of ether oxygens (including phenoxy) is 3. The second-order valence-electron chi connectivity index (χ2n) is 12.7. The molecule has 0 radical (unpaired) electrons. The summed E-state index contributed by atoms with van der Waals surface area (Å²) in [6, 6.07) is 5.73. The molecule has 1 heterocycles. The lowest BCUT2D eigenvalue weighted by Crippen LogP contribution is -2.55. The third kappa shape index (κ3) is 7.67. The fourth-order valence-corrected chi connectivity index (χ4v) is 7.66. The summed E-state index contributed by atoms with van der Waals surface area (Å²) in [5.74, 6) is 1.08. The van der Waals surface area contributed by atoms with E-state index < -0.39 is 27.4 Å². The van der Waals surface area contributed by atoms with Gasteiger partial charge in [-0.15, -0.1) is 0 Å². The number of aryl methyl sites for hydroxylation is 1. The molecule has 1 fully saturated rings. The van der Waals surface area contributed by atoms with E-state index in [2.05, 4.69) is 10.6 Å². The van der Waals surface area contributed by atoms with Gasteiger partial charge in [0.1, 0.15) is 6.04 Å². The molecule has 2 N–H and O–H groups in total. The van der Waals surface area contributed by atoms with Crippen LogP contribution in [0.4, 0.5) is 5.69 Å². The molecule has 1 aliphatic carbocycles. The highest BCUT2D eigenvalue weighted by molar-refractivity contribution is 7.89. The molecule has 2 amide bonds. The largest absolute Gasteiger partial charge is 0.493 e. The van der Waals surface area contributed by atoms with Gasteiger partial charge in [0.25, 0.3) is 0 Å². The van der Waals surface area contributed by atoms with E-state index in [0.717, 1.165) is 11.1 Å². The normalized spacial score (nSPS) is 17.3. The van der Waals surface area contributed by atoms with E-state index >= 15 is 0 Å². The monoisotopic (exact) mass is 672 g/mol. The highest BCUT2D eigenvalue weighted by Crippen LogP contribution is 2.50. The minimum atomic E-state index is -3.42. The molecule has 0 unspecified atom stereocenters. The van der Waals surface area contributed by atoms with Gasteiger partial charge in [0.05, 0.1) is 38.3 Å². The summed E-state index contributed by atoms with van der Waals surface area (Å²) < 4.78 is 43.9. The second kappa shape index (κ2) is 14.9. The van der Waals surface area contributed by atoms with Crippen LogP contribution in [0.2, 0.25) is 0 Å². The Morgan fingerprint density at radius 3 is 2.17 bits per heavy atom. The Kier molecular flexibility index (Phi) is 11.4. The van der Waals surface area contributed by atoms with E-state index in [9.17, 15) is 22.8 Å². The molecule has 12 nitrogen and oxygen atoms in total. The van der Waals surface area contributed by atoms with Gasteiger partial charge in [0.15, 0.2) is 11.5 Å². The van der Waals surface area contributed by atoms with Crippen LogP contribution in [0.3, 0.4) is 0 Å². The summed E-state index contributed by atoms with van der Waals surface area (Å²) in [6.07, 6.45) is 1.56. The number of fused-ring (bicyclic) bond motifs is 3. The molecule has 2 atom stereocenters. The van der Waals surface area contributed by atoms with Crippen molar-refractivity contribution >= 4 is 27.5 Å². The Bertz CT molecular complexity index is 1650. The van der Waals surface area contributed by atoms with Gasteiger partial charge in [-0.25, -0.2) is 8.42 Å². The highest BCUT2D eigenvalue weighted by Gasteiger charge is 2.34. The van der Waals surface area contributed by atoms with Gasteiger partial charge in [-0.3, -0.25) is 14.4 Å². The average Bonchev–Trinajstić information content (AvgIpc) is 3.27. The number of hydrogen-bond acceptors (Lipinski definition) is 9. The quantitative estimate of drug-likeness (QED) is 0.366. The number of nitrogens with zero attached hydrogens (tertiary/aromatic N) is 2. The van der Waals surface area contributed by atoms with Gasteiger partial charge < -0.3 is 29.7 Å². The maximum Gasteiger partial charge on any atom is 0.245 e. The number of methoxy groups -OCH3 is 3. The van der Waals surface area contributed by atoms with Gasteiger partial charge >= 0.3 is 0 Å². The molecule has 0 spiro atoms. The first-order valence-electron chi connectivity index (χ1n) is 16.0. The van der Waals surface area contributed by atoms with Crippen molar-refractivity contribution in [3.05, 3.63) is 45.6 Å². The zero-order valence-corrected chi connectivity index (χ0v) is 29.5. The number of piperazine rings is 1. The van der Waals surface area contributed by atoms with Gasteiger partial charge in [0, 0.05) is 38.7 Å². The number of amides is 2. The Labute approximate surface area is 277 Å². The van der Waals surface area contributed by atoms with E-state index in [0.29, 0.717) is 47.6 Å². The van der Waals surface area contributed by atoms with Crippen LogP contribution in [0.15, 0.2) is 29.1 Å². The smallest absolute Gasteiger partial charge is 0.245 e. The van der Waals surface area contributed by atoms with Crippen LogP contribution in [0.5, 0.6) is 17.2 Å². The summed E-state index contributed by atoms with van der Waals surface area (Å²) in [5, 5.41) is 5.71. The van der Waals surface area contributed by atoms with E-state index in [1.807, 2.05) is 26.0 Å². The predicted octanol–water partition coefficient (Wildman–Crippen LogP) is 3.57. The fourth-order valence-electron chi connectivity index (χ4n) is 6.39. The van der Waals surface area contributed by atoms with Crippen molar-refractivity contribution in [2.75, 3.05) is 52.8 Å². The molecule has 0 aromatic heterocycles. The molecule has 2 aromatic carbocycles. The zero-order valence-electron chi connectivity index (χ0n) is 28.6. The van der Waals surface area contributed by atoms with Gasteiger partial charge in [-0.2, -0.15) is 4.31 Å². The highest BCUT2D eigenvalue weighted by atomic mass is 32.2. The maximum atomic E-state index is 13.9. The molecule has 2 aliphatic rings. The Hall–Kier alpha value is -3.84. The van der Waals surface area contributed by atoms with Crippen molar-refractivity contribution < 1.29 is 32.2 Å². The van der Waals surface area contributed by atoms with Crippen molar-refractivity contribution in [1.29, 1.82) is 0 Å². The van der Waals surface area contributed by atoms with Crippen LogP contribution < -0.4 is 30.3 Å². The molecule has 1 saturated heterocycles. The lowest BCUT2D eigenvalue weighted by molar-refractivity contribution is -0.133. The van der Waals surface area contributed by atoms with Gasteiger partial charge in [0.2, 0.25) is 33.0 Å². The molecule has 1 aliphatic heterocycles. The molecule has 47 heavy (non-hydrogen) atoms. The van der Waals surface area contributed by atoms with Gasteiger partial charge in [-0.05, 0) is 73.9 Å². The van der Waals surface area contributed by atoms with Crippen molar-refractivity contribution in [2.45, 2.75) is 71.2 Å². The number of carbonyl (C=O) groups is 2. The minimum absolute atomic E-state index is 0.131. The number of rotatable bonds is 11. The molecule has 13 heteroatoms. The van der Waals surface area contributed by atoms with E-state index in [1.165, 1.54) is 24.4 Å². The fraction of sp³-hybridized carbons (Fsp3) is 0.559. The Morgan fingerprint density at radius 2 is 1.62 bits per heavy atom. The third-order valence-corrected chi connectivity index (χ3v) is 11.0. The molecule has 258 valence electrons. The number of carbonyl (C=O) groups excluding carboxylic acids is 2. The second-order valence-corrected chi connectivity index (χ2v) is 15.2. The van der Waals surface area contributed by atoms with Crippen molar-refractivity contribution in [2.24, 2.45) is 5.92 Å². The van der Waals surface area contributed by atoms with Gasteiger partial charge in [-0.1, -0.05) is 19.9 Å². The number of hydrogen-bond donors (Lipinski definition) is 2.